The summed E-state index contributed by atoms with van der Waals surface area (Å²) < 4.78 is 36.0. The molecule has 0 saturated carbocycles. The molecule has 8 nitrogen and oxygen atoms in total. The van der Waals surface area contributed by atoms with Gasteiger partial charge in [0.1, 0.15) is 5.69 Å². The van der Waals surface area contributed by atoms with E-state index in [0.29, 0.717) is 37.2 Å². The monoisotopic (exact) mass is 379 g/mol. The summed E-state index contributed by atoms with van der Waals surface area (Å²) in [4.78, 5) is 16.7. The van der Waals surface area contributed by atoms with Gasteiger partial charge in [0, 0.05) is 31.2 Å². The zero-order valence-corrected chi connectivity index (χ0v) is 14.5. The van der Waals surface area contributed by atoms with E-state index in [9.17, 15) is 18.8 Å². The van der Waals surface area contributed by atoms with Gasteiger partial charge >= 0.3 is 0 Å². The van der Waals surface area contributed by atoms with Gasteiger partial charge in [-0.3, -0.25) is 4.79 Å². The Balaban J connectivity index is 1.75. The van der Waals surface area contributed by atoms with Gasteiger partial charge in [0.25, 0.3) is 11.8 Å². The molecule has 1 aliphatic carbocycles. The number of carbonyl (C=O) groups is 1. The van der Waals surface area contributed by atoms with Crippen LogP contribution in [-0.4, -0.2) is 39.9 Å². The molecule has 0 radical (unpaired) electrons. The summed E-state index contributed by atoms with van der Waals surface area (Å²) in [5.74, 6) is -3.68. The molecule has 10 heteroatoms. The number of hydrogen-bond donors (Lipinski definition) is 1. The van der Waals surface area contributed by atoms with Crippen molar-refractivity contribution >= 4 is 5.91 Å². The number of aromatic nitrogens is 4. The maximum atomic E-state index is 14.7. The van der Waals surface area contributed by atoms with Gasteiger partial charge < -0.3 is 15.3 Å². The Hall–Kier alpha value is -2.62. The fourth-order valence-corrected chi connectivity index (χ4v) is 3.59. The molecule has 1 saturated heterocycles. The highest BCUT2D eigenvalue weighted by Gasteiger charge is 2.44. The second-order valence-electron chi connectivity index (χ2n) is 6.78. The van der Waals surface area contributed by atoms with Gasteiger partial charge in [0.15, 0.2) is 11.9 Å². The van der Waals surface area contributed by atoms with Crippen LogP contribution in [0.2, 0.25) is 0 Å². The van der Waals surface area contributed by atoms with E-state index in [-0.39, 0.29) is 41.7 Å². The number of nitrogens with one attached hydrogen (secondary N) is 1. The van der Waals surface area contributed by atoms with Crippen molar-refractivity contribution in [3.63, 3.8) is 0 Å². The van der Waals surface area contributed by atoms with Crippen molar-refractivity contribution in [1.29, 1.82) is 0 Å². The summed E-state index contributed by atoms with van der Waals surface area (Å²) in [5.41, 5.74) is -0.164. The molecule has 2 aromatic rings. The molecule has 0 unspecified atom stereocenters. The van der Waals surface area contributed by atoms with E-state index >= 15 is 0 Å². The first-order chi connectivity index (χ1) is 13.0. The molecule has 0 aromatic carbocycles. The molecule has 1 N–H and O–H groups in total. The first kappa shape index (κ1) is 17.8. The van der Waals surface area contributed by atoms with E-state index in [2.05, 4.69) is 15.4 Å². The maximum absolute atomic E-state index is 14.7. The first-order valence-corrected chi connectivity index (χ1v) is 8.90. The topological polar surface area (TPSA) is 96.0 Å². The van der Waals surface area contributed by atoms with E-state index in [1.165, 1.54) is 6.20 Å². The molecule has 2 aliphatic rings. The van der Waals surface area contributed by atoms with Crippen LogP contribution in [0.4, 0.5) is 8.78 Å². The third-order valence-corrected chi connectivity index (χ3v) is 4.90. The van der Waals surface area contributed by atoms with Gasteiger partial charge in [-0.25, -0.2) is 9.67 Å². The average Bonchev–Trinajstić information content (AvgIpc) is 3.04. The summed E-state index contributed by atoms with van der Waals surface area (Å²) in [7, 11) is 0. The minimum Gasteiger partial charge on any atom is -0.619 e. The van der Waals surface area contributed by atoms with Crippen LogP contribution in [-0.2, 0) is 17.1 Å². The number of nitrogens with zero attached hydrogens (tertiary/aromatic N) is 4. The van der Waals surface area contributed by atoms with Crippen molar-refractivity contribution in [2.45, 2.75) is 44.1 Å². The Kier molecular flexibility index (Phi) is 4.50. The minimum atomic E-state index is -3.15. The lowest BCUT2D eigenvalue weighted by molar-refractivity contribution is -0.605. The SMILES string of the molecule is O=C(NC1CCOCC1)c1nn(-c2c[n+]([O-])ccn2)c2c1CCCC2(F)F. The molecule has 0 atom stereocenters. The Bertz CT molecular complexity index is 864. The predicted molar refractivity (Wildman–Crippen MR) is 88.5 cm³/mol. The molecule has 0 spiro atoms. The molecule has 144 valence electrons. The van der Waals surface area contributed by atoms with Crippen molar-refractivity contribution in [1.82, 2.24) is 20.1 Å². The van der Waals surface area contributed by atoms with Gasteiger partial charge in [-0.1, -0.05) is 0 Å². The van der Waals surface area contributed by atoms with Gasteiger partial charge in [-0.05, 0) is 25.7 Å². The molecule has 27 heavy (non-hydrogen) atoms. The van der Waals surface area contributed by atoms with Crippen LogP contribution in [0.3, 0.4) is 0 Å². The largest absolute Gasteiger partial charge is 0.619 e. The lowest BCUT2D eigenvalue weighted by atomic mass is 9.92. The number of carbonyl (C=O) groups excluding carboxylic acids is 1. The summed E-state index contributed by atoms with van der Waals surface area (Å²) in [6.07, 6.45) is 4.99. The van der Waals surface area contributed by atoms with Crippen molar-refractivity contribution in [2.24, 2.45) is 0 Å². The predicted octanol–water partition coefficient (Wildman–Crippen LogP) is 1.24. The van der Waals surface area contributed by atoms with Crippen LogP contribution < -0.4 is 10.0 Å². The molecule has 1 aliphatic heterocycles. The number of amides is 1. The normalized spacial score (nSPS) is 19.5. The van der Waals surface area contributed by atoms with Crippen molar-refractivity contribution < 1.29 is 23.0 Å². The Morgan fingerprint density at radius 2 is 2.19 bits per heavy atom. The fourth-order valence-electron chi connectivity index (χ4n) is 3.59. The number of halogens is 2. The Morgan fingerprint density at radius 1 is 1.41 bits per heavy atom. The van der Waals surface area contributed by atoms with E-state index in [1.54, 1.807) is 0 Å². The summed E-state index contributed by atoms with van der Waals surface area (Å²) in [5, 5.41) is 18.6. The maximum Gasteiger partial charge on any atom is 0.290 e. The number of hydrogen-bond acceptors (Lipinski definition) is 5. The summed E-state index contributed by atoms with van der Waals surface area (Å²) in [6, 6.07) is -0.0743. The zero-order chi connectivity index (χ0) is 19.0. The number of ether oxygens (including phenoxy) is 1. The Morgan fingerprint density at radius 3 is 2.93 bits per heavy atom. The second kappa shape index (κ2) is 6.84. The lowest BCUT2D eigenvalue weighted by Gasteiger charge is -2.24. The van der Waals surface area contributed by atoms with Gasteiger partial charge in [0.2, 0.25) is 12.0 Å². The minimum absolute atomic E-state index is 0.0287. The number of fused-ring (bicyclic) bond motifs is 1. The standard InChI is InChI=1S/C17H19F2N5O3/c18-17(19)5-1-2-12-14(16(25)21-11-3-8-27-9-4-11)22-24(15(12)17)13-10-23(26)7-6-20-13/h6-7,10-11H,1-5,8-9H2,(H,21,25). The fraction of sp³-hybridized carbons (Fsp3) is 0.529. The highest BCUT2D eigenvalue weighted by atomic mass is 19.3. The zero-order valence-electron chi connectivity index (χ0n) is 14.5. The van der Waals surface area contributed by atoms with Crippen molar-refractivity contribution in [3.05, 3.63) is 40.7 Å². The molecule has 1 fully saturated rings. The van der Waals surface area contributed by atoms with E-state index in [0.717, 1.165) is 17.1 Å². The molecule has 3 heterocycles. The second-order valence-corrected chi connectivity index (χ2v) is 6.78. The van der Waals surface area contributed by atoms with E-state index < -0.39 is 11.8 Å². The smallest absolute Gasteiger partial charge is 0.290 e. The Labute approximate surface area is 153 Å². The van der Waals surface area contributed by atoms with Gasteiger partial charge in [0.05, 0.1) is 6.20 Å². The molecule has 2 aromatic heterocycles. The van der Waals surface area contributed by atoms with Crippen LogP contribution in [0.15, 0.2) is 18.6 Å². The van der Waals surface area contributed by atoms with Crippen LogP contribution in [0, 0.1) is 5.21 Å². The average molecular weight is 379 g/mol. The third-order valence-electron chi connectivity index (χ3n) is 4.90. The highest BCUT2D eigenvalue weighted by molar-refractivity contribution is 5.94. The van der Waals surface area contributed by atoms with E-state index in [4.69, 9.17) is 4.74 Å². The number of alkyl halides is 2. The lowest BCUT2D eigenvalue weighted by Crippen LogP contribution is -2.39. The third kappa shape index (κ3) is 3.36. The molecule has 4 rings (SSSR count). The molecule has 1 amide bonds. The van der Waals surface area contributed by atoms with Crippen LogP contribution in [0.5, 0.6) is 0 Å². The number of rotatable bonds is 3. The highest BCUT2D eigenvalue weighted by Crippen LogP contribution is 2.42. The molecular weight excluding hydrogens is 360 g/mol. The van der Waals surface area contributed by atoms with Crippen LogP contribution in [0.25, 0.3) is 5.82 Å². The molecular formula is C17H19F2N5O3. The molecule has 0 bridgehead atoms. The van der Waals surface area contributed by atoms with Crippen molar-refractivity contribution in [2.75, 3.05) is 13.2 Å². The van der Waals surface area contributed by atoms with Crippen LogP contribution in [0.1, 0.15) is 47.4 Å². The van der Waals surface area contributed by atoms with Crippen molar-refractivity contribution in [3.8, 4) is 5.82 Å². The summed E-state index contributed by atoms with van der Waals surface area (Å²) in [6.45, 7) is 1.10. The summed E-state index contributed by atoms with van der Waals surface area (Å²) >= 11 is 0. The quantitative estimate of drug-likeness (QED) is 0.639. The van der Waals surface area contributed by atoms with Gasteiger partial charge in [-0.2, -0.15) is 18.6 Å². The van der Waals surface area contributed by atoms with Crippen LogP contribution >= 0.6 is 0 Å². The van der Waals surface area contributed by atoms with Gasteiger partial charge in [-0.15, -0.1) is 0 Å². The van der Waals surface area contributed by atoms with E-state index in [1.807, 2.05) is 0 Å². The first-order valence-electron chi connectivity index (χ1n) is 8.90.